The minimum Gasteiger partial charge on any atom is -0.478 e. The molecule has 8 heteroatoms. The van der Waals surface area contributed by atoms with Gasteiger partial charge in [-0.1, -0.05) is 41.4 Å². The van der Waals surface area contributed by atoms with E-state index in [1.807, 2.05) is 36.4 Å². The van der Waals surface area contributed by atoms with Gasteiger partial charge in [-0.15, -0.1) is 0 Å². The van der Waals surface area contributed by atoms with Crippen LogP contribution < -0.4 is 14.9 Å². The number of fused-ring (bicyclic) bond motifs is 3. The van der Waals surface area contributed by atoms with Gasteiger partial charge in [-0.05, 0) is 64.3 Å². The number of para-hydroxylation sites is 1. The van der Waals surface area contributed by atoms with Crippen LogP contribution in [-0.4, -0.2) is 18.2 Å². The van der Waals surface area contributed by atoms with Gasteiger partial charge >= 0.3 is 0 Å². The molecule has 5 nitrogen and oxygen atoms in total. The zero-order valence-corrected chi connectivity index (χ0v) is 20.4. The molecule has 0 unspecified atom stereocenters. The first-order chi connectivity index (χ1) is 16.0. The minimum atomic E-state index is -0.236. The molecule has 4 aromatic rings. The number of ether oxygens (including phenoxy) is 2. The number of benzene rings is 3. The molecule has 2 heterocycles. The molecule has 0 atom stereocenters. The lowest BCUT2D eigenvalue weighted by Gasteiger charge is -2.29. The van der Waals surface area contributed by atoms with Crippen LogP contribution >= 0.6 is 39.1 Å². The summed E-state index contributed by atoms with van der Waals surface area (Å²) in [5.74, 6) is 1.38. The van der Waals surface area contributed by atoms with E-state index in [4.69, 9.17) is 37.1 Å². The summed E-state index contributed by atoms with van der Waals surface area (Å²) in [6, 6.07) is 16.4. The summed E-state index contributed by atoms with van der Waals surface area (Å²) in [5, 5.41) is 1.71. The van der Waals surface area contributed by atoms with E-state index in [9.17, 15) is 4.79 Å². The van der Waals surface area contributed by atoms with Crippen LogP contribution in [0.2, 0.25) is 10.0 Å². The number of rotatable bonds is 5. The molecular weight excluding hydrogens is 529 g/mol. The van der Waals surface area contributed by atoms with E-state index in [0.29, 0.717) is 45.8 Å². The predicted molar refractivity (Wildman–Crippen MR) is 133 cm³/mol. The monoisotopic (exact) mass is 545 g/mol. The van der Waals surface area contributed by atoms with Gasteiger partial charge in [0, 0.05) is 23.1 Å². The molecule has 0 spiro atoms. The molecule has 1 aliphatic rings. The summed E-state index contributed by atoms with van der Waals surface area (Å²) in [6.07, 6.45) is 2.10. The van der Waals surface area contributed by atoms with Gasteiger partial charge in [0.25, 0.3) is 0 Å². The van der Waals surface area contributed by atoms with Gasteiger partial charge in [0.1, 0.15) is 30.1 Å². The van der Waals surface area contributed by atoms with Crippen LogP contribution in [0, 0.1) is 0 Å². The molecule has 1 aliphatic heterocycles. The second-order valence-electron chi connectivity index (χ2n) is 7.69. The fourth-order valence-electron chi connectivity index (χ4n) is 3.80. The summed E-state index contributed by atoms with van der Waals surface area (Å²) >= 11 is 15.7. The third-order valence-corrected chi connectivity index (χ3v) is 6.77. The van der Waals surface area contributed by atoms with E-state index in [2.05, 4.69) is 20.8 Å². The molecular formula is C25H18BrCl2NO4. The molecule has 0 fully saturated rings. The SMILES string of the molecule is O=c1c(Oc2ccccc2Br)coc2c3c(ccc12)OCN(CCc1ccc(Cl)cc1Cl)C3. The summed E-state index contributed by atoms with van der Waals surface area (Å²) in [6.45, 7) is 1.76. The van der Waals surface area contributed by atoms with Crippen LogP contribution in [0.15, 0.2) is 74.5 Å². The molecule has 0 amide bonds. The maximum absolute atomic E-state index is 13.1. The van der Waals surface area contributed by atoms with E-state index >= 15 is 0 Å². The number of halogens is 3. The summed E-state index contributed by atoms with van der Waals surface area (Å²) in [4.78, 5) is 15.2. The second-order valence-corrected chi connectivity index (χ2v) is 9.39. The lowest BCUT2D eigenvalue weighted by molar-refractivity contribution is 0.0968. The molecule has 0 bridgehead atoms. The van der Waals surface area contributed by atoms with Crippen molar-refractivity contribution >= 4 is 50.1 Å². The van der Waals surface area contributed by atoms with Gasteiger partial charge in [-0.3, -0.25) is 9.69 Å². The number of hydrogen-bond donors (Lipinski definition) is 0. The highest BCUT2D eigenvalue weighted by molar-refractivity contribution is 9.10. The Balaban J connectivity index is 1.40. The van der Waals surface area contributed by atoms with E-state index in [0.717, 1.165) is 28.6 Å². The highest BCUT2D eigenvalue weighted by Crippen LogP contribution is 2.34. The molecule has 33 heavy (non-hydrogen) atoms. The third-order valence-electron chi connectivity index (χ3n) is 5.52. The normalized spacial score (nSPS) is 13.5. The van der Waals surface area contributed by atoms with Crippen molar-refractivity contribution in [3.8, 4) is 17.2 Å². The van der Waals surface area contributed by atoms with Crippen LogP contribution in [-0.2, 0) is 13.0 Å². The Morgan fingerprint density at radius 1 is 1.06 bits per heavy atom. The number of nitrogens with zero attached hydrogens (tertiary/aromatic N) is 1. The molecule has 0 aliphatic carbocycles. The highest BCUT2D eigenvalue weighted by atomic mass is 79.9. The Hall–Kier alpha value is -2.51. The van der Waals surface area contributed by atoms with Crippen molar-refractivity contribution in [2.24, 2.45) is 0 Å². The fraction of sp³-hybridized carbons (Fsp3) is 0.160. The van der Waals surface area contributed by atoms with Gasteiger partial charge < -0.3 is 13.9 Å². The molecule has 0 saturated carbocycles. The van der Waals surface area contributed by atoms with Crippen molar-refractivity contribution in [3.63, 3.8) is 0 Å². The molecule has 0 N–H and O–H groups in total. The second kappa shape index (κ2) is 9.39. The maximum Gasteiger partial charge on any atom is 0.235 e. The van der Waals surface area contributed by atoms with Gasteiger partial charge in [0.2, 0.25) is 11.2 Å². The first kappa shape index (κ1) is 22.3. The molecule has 1 aromatic heterocycles. The van der Waals surface area contributed by atoms with Crippen molar-refractivity contribution in [1.29, 1.82) is 0 Å². The van der Waals surface area contributed by atoms with Crippen LogP contribution in [0.1, 0.15) is 11.1 Å². The third kappa shape index (κ3) is 4.62. The quantitative estimate of drug-likeness (QED) is 0.268. The van der Waals surface area contributed by atoms with E-state index in [-0.39, 0.29) is 11.2 Å². The van der Waals surface area contributed by atoms with Gasteiger partial charge in [-0.25, -0.2) is 0 Å². The average Bonchev–Trinajstić information content (AvgIpc) is 2.81. The van der Waals surface area contributed by atoms with Crippen molar-refractivity contribution < 1.29 is 13.9 Å². The van der Waals surface area contributed by atoms with Crippen LogP contribution in [0.25, 0.3) is 11.0 Å². The standard InChI is InChI=1S/C25H18BrCl2NO4/c26-19-3-1-2-4-22(19)33-23-13-31-25-17(24(23)30)7-8-21-18(25)12-29(14-32-21)10-9-15-5-6-16(27)11-20(15)28/h1-8,11,13H,9-10,12,14H2. The largest absolute Gasteiger partial charge is 0.478 e. The first-order valence-corrected chi connectivity index (χ1v) is 11.8. The molecule has 5 rings (SSSR count). The zero-order chi connectivity index (χ0) is 22.9. The zero-order valence-electron chi connectivity index (χ0n) is 17.3. The van der Waals surface area contributed by atoms with Crippen molar-refractivity contribution in [1.82, 2.24) is 4.90 Å². The van der Waals surface area contributed by atoms with Crippen molar-refractivity contribution in [3.05, 3.63) is 96.7 Å². The van der Waals surface area contributed by atoms with E-state index in [1.54, 1.807) is 18.2 Å². The van der Waals surface area contributed by atoms with Gasteiger partial charge in [-0.2, -0.15) is 0 Å². The predicted octanol–water partition coefficient (Wildman–Crippen LogP) is 7.05. The summed E-state index contributed by atoms with van der Waals surface area (Å²) in [5.41, 5.74) is 2.13. The lowest BCUT2D eigenvalue weighted by atomic mass is 10.1. The Kier molecular flexibility index (Phi) is 6.34. The minimum absolute atomic E-state index is 0.125. The average molecular weight is 547 g/mol. The molecule has 168 valence electrons. The molecule has 0 radical (unpaired) electrons. The molecule has 0 saturated heterocycles. The fourth-order valence-corrected chi connectivity index (χ4v) is 4.67. The van der Waals surface area contributed by atoms with Gasteiger partial charge in [0.05, 0.1) is 15.4 Å². The van der Waals surface area contributed by atoms with E-state index in [1.165, 1.54) is 6.26 Å². The Morgan fingerprint density at radius 2 is 1.91 bits per heavy atom. The molecule has 3 aromatic carbocycles. The highest BCUT2D eigenvalue weighted by Gasteiger charge is 2.23. The Morgan fingerprint density at radius 3 is 2.73 bits per heavy atom. The summed E-state index contributed by atoms with van der Waals surface area (Å²) in [7, 11) is 0. The topological polar surface area (TPSA) is 51.9 Å². The number of hydrogen-bond acceptors (Lipinski definition) is 5. The summed E-state index contributed by atoms with van der Waals surface area (Å²) < 4.78 is 18.4. The maximum atomic E-state index is 13.1. The van der Waals surface area contributed by atoms with E-state index < -0.39 is 0 Å². The van der Waals surface area contributed by atoms with Crippen LogP contribution in [0.5, 0.6) is 17.2 Å². The van der Waals surface area contributed by atoms with Crippen LogP contribution in [0.3, 0.4) is 0 Å². The smallest absolute Gasteiger partial charge is 0.235 e. The lowest BCUT2D eigenvalue weighted by Crippen LogP contribution is -2.33. The Labute approximate surface area is 208 Å². The van der Waals surface area contributed by atoms with Crippen LogP contribution in [0.4, 0.5) is 0 Å². The Bertz CT molecular complexity index is 1410. The van der Waals surface area contributed by atoms with Crippen molar-refractivity contribution in [2.45, 2.75) is 13.0 Å². The van der Waals surface area contributed by atoms with Gasteiger partial charge in [0.15, 0.2) is 0 Å². The first-order valence-electron chi connectivity index (χ1n) is 10.3. The van der Waals surface area contributed by atoms with Crippen molar-refractivity contribution in [2.75, 3.05) is 13.3 Å².